The number of benzene rings is 1. The minimum absolute atomic E-state index is 0.186. The molecule has 0 spiro atoms. The Morgan fingerprint density at radius 3 is 2.31 bits per heavy atom. The number of aliphatic hydroxyl groups is 1. The average molecular weight is 221 g/mol. The van der Waals surface area contributed by atoms with Crippen LogP contribution in [0.3, 0.4) is 0 Å². The third kappa shape index (κ3) is 2.63. The van der Waals surface area contributed by atoms with Crippen molar-refractivity contribution in [2.24, 2.45) is 11.1 Å². The lowest BCUT2D eigenvalue weighted by molar-refractivity contribution is -0.0470. The van der Waals surface area contributed by atoms with Crippen LogP contribution in [0.4, 0.5) is 0 Å². The zero-order valence-electron chi connectivity index (χ0n) is 10.7. The van der Waals surface area contributed by atoms with Crippen LogP contribution in [0.15, 0.2) is 24.3 Å². The number of nitrogens with two attached hydrogens (primary N) is 1. The Labute approximate surface area is 98.5 Å². The largest absolute Gasteiger partial charge is 0.385 e. The van der Waals surface area contributed by atoms with Crippen LogP contribution in [0.2, 0.25) is 0 Å². The molecule has 3 N–H and O–H groups in total. The molecule has 0 aliphatic heterocycles. The van der Waals surface area contributed by atoms with Gasteiger partial charge in [0, 0.05) is 0 Å². The van der Waals surface area contributed by atoms with Crippen molar-refractivity contribution in [1.82, 2.24) is 0 Å². The molecule has 0 aromatic heterocycles. The van der Waals surface area contributed by atoms with E-state index in [1.165, 1.54) is 5.56 Å². The van der Waals surface area contributed by atoms with Crippen molar-refractivity contribution in [3.05, 3.63) is 35.4 Å². The summed E-state index contributed by atoms with van der Waals surface area (Å²) < 4.78 is 0. The summed E-state index contributed by atoms with van der Waals surface area (Å²) in [5, 5.41) is 10.6. The van der Waals surface area contributed by atoms with Gasteiger partial charge in [-0.2, -0.15) is 0 Å². The monoisotopic (exact) mass is 221 g/mol. The average Bonchev–Trinajstić information content (AvgIpc) is 2.17. The molecular weight excluding hydrogens is 198 g/mol. The molecule has 0 aliphatic carbocycles. The molecule has 1 rings (SSSR count). The lowest BCUT2D eigenvalue weighted by Gasteiger charge is -2.37. The summed E-state index contributed by atoms with van der Waals surface area (Å²) >= 11 is 0. The molecule has 90 valence electrons. The number of hydrogen-bond donors (Lipinski definition) is 2. The van der Waals surface area contributed by atoms with E-state index in [2.05, 4.69) is 12.1 Å². The Balaban J connectivity index is 3.08. The Hall–Kier alpha value is -0.860. The predicted molar refractivity (Wildman–Crippen MR) is 68.2 cm³/mol. The van der Waals surface area contributed by atoms with Crippen molar-refractivity contribution in [1.29, 1.82) is 0 Å². The van der Waals surface area contributed by atoms with E-state index in [1.54, 1.807) is 0 Å². The van der Waals surface area contributed by atoms with Crippen LogP contribution < -0.4 is 5.73 Å². The van der Waals surface area contributed by atoms with Crippen molar-refractivity contribution in [3.63, 3.8) is 0 Å². The minimum Gasteiger partial charge on any atom is -0.385 e. The molecular formula is C14H23NO. The molecule has 1 aromatic rings. The minimum atomic E-state index is -0.822. The van der Waals surface area contributed by atoms with Gasteiger partial charge in [-0.1, -0.05) is 45.0 Å². The molecule has 1 unspecified atom stereocenters. The van der Waals surface area contributed by atoms with Gasteiger partial charge in [0.05, 0.1) is 5.60 Å². The first-order valence-electron chi connectivity index (χ1n) is 5.81. The Kier molecular flexibility index (Phi) is 3.76. The lowest BCUT2D eigenvalue weighted by Crippen LogP contribution is -2.36. The van der Waals surface area contributed by atoms with E-state index < -0.39 is 5.60 Å². The summed E-state index contributed by atoms with van der Waals surface area (Å²) in [7, 11) is 0. The molecule has 2 heteroatoms. The summed E-state index contributed by atoms with van der Waals surface area (Å²) in [5.74, 6) is 0. The van der Waals surface area contributed by atoms with Crippen LogP contribution in [-0.2, 0) is 12.0 Å². The van der Waals surface area contributed by atoms with Crippen molar-refractivity contribution in [2.75, 3.05) is 6.54 Å². The summed E-state index contributed by atoms with van der Waals surface area (Å²) in [6.45, 7) is 8.64. The molecule has 0 radical (unpaired) electrons. The fraction of sp³-hybridized carbons (Fsp3) is 0.571. The molecule has 0 saturated carbocycles. The summed E-state index contributed by atoms with van der Waals surface area (Å²) in [4.78, 5) is 0. The third-order valence-electron chi connectivity index (χ3n) is 3.38. The van der Waals surface area contributed by atoms with Crippen molar-refractivity contribution in [2.45, 2.75) is 39.7 Å². The zero-order chi connectivity index (χ0) is 12.4. The maximum Gasteiger partial charge on any atom is 0.0916 e. The highest BCUT2D eigenvalue weighted by Crippen LogP contribution is 2.38. The van der Waals surface area contributed by atoms with Gasteiger partial charge in [0.2, 0.25) is 0 Å². The van der Waals surface area contributed by atoms with Crippen LogP contribution in [0.25, 0.3) is 0 Å². The van der Waals surface area contributed by atoms with Crippen LogP contribution in [0.5, 0.6) is 0 Å². The second-order valence-electron chi connectivity index (χ2n) is 5.56. The van der Waals surface area contributed by atoms with Crippen molar-refractivity contribution >= 4 is 0 Å². The van der Waals surface area contributed by atoms with E-state index in [1.807, 2.05) is 39.8 Å². The fourth-order valence-electron chi connectivity index (χ4n) is 1.63. The van der Waals surface area contributed by atoms with Gasteiger partial charge in [0.1, 0.15) is 0 Å². The molecule has 0 aliphatic rings. The lowest BCUT2D eigenvalue weighted by atomic mass is 9.73. The Bertz CT molecular complexity index is 350. The van der Waals surface area contributed by atoms with E-state index in [0.29, 0.717) is 6.54 Å². The van der Waals surface area contributed by atoms with Crippen molar-refractivity contribution < 1.29 is 5.11 Å². The van der Waals surface area contributed by atoms with Gasteiger partial charge in [-0.3, -0.25) is 0 Å². The molecule has 2 nitrogen and oxygen atoms in total. The molecule has 0 bridgehead atoms. The fourth-order valence-corrected chi connectivity index (χ4v) is 1.63. The third-order valence-corrected chi connectivity index (χ3v) is 3.38. The molecule has 1 aromatic carbocycles. The summed E-state index contributed by atoms with van der Waals surface area (Å²) in [6, 6.07) is 8.07. The highest BCUT2D eigenvalue weighted by Gasteiger charge is 2.36. The predicted octanol–water partition coefficient (Wildman–Crippen LogP) is 2.44. The van der Waals surface area contributed by atoms with Crippen LogP contribution in [0, 0.1) is 5.41 Å². The van der Waals surface area contributed by atoms with Crippen molar-refractivity contribution in [3.8, 4) is 0 Å². The first-order valence-corrected chi connectivity index (χ1v) is 5.81. The van der Waals surface area contributed by atoms with E-state index >= 15 is 0 Å². The number of hydrogen-bond acceptors (Lipinski definition) is 2. The van der Waals surface area contributed by atoms with Gasteiger partial charge in [0.25, 0.3) is 0 Å². The van der Waals surface area contributed by atoms with Gasteiger partial charge < -0.3 is 10.8 Å². The maximum absolute atomic E-state index is 10.6. The van der Waals surface area contributed by atoms with Crippen LogP contribution >= 0.6 is 0 Å². The molecule has 0 fully saturated rings. The van der Waals surface area contributed by atoms with E-state index in [-0.39, 0.29) is 5.41 Å². The molecule has 0 amide bonds. The van der Waals surface area contributed by atoms with Crippen LogP contribution in [-0.4, -0.2) is 11.7 Å². The second-order valence-corrected chi connectivity index (χ2v) is 5.56. The van der Waals surface area contributed by atoms with E-state index in [0.717, 1.165) is 12.0 Å². The second kappa shape index (κ2) is 4.56. The van der Waals surface area contributed by atoms with Gasteiger partial charge in [-0.15, -0.1) is 0 Å². The summed E-state index contributed by atoms with van der Waals surface area (Å²) in [5.41, 5.74) is 6.68. The van der Waals surface area contributed by atoms with Gasteiger partial charge in [0.15, 0.2) is 0 Å². The molecule has 16 heavy (non-hydrogen) atoms. The summed E-state index contributed by atoms with van der Waals surface area (Å²) in [6.07, 6.45) is 0.855. The first-order chi connectivity index (χ1) is 7.29. The quantitative estimate of drug-likeness (QED) is 0.823. The van der Waals surface area contributed by atoms with E-state index in [9.17, 15) is 5.11 Å². The Morgan fingerprint density at radius 2 is 1.81 bits per heavy atom. The van der Waals surface area contributed by atoms with Gasteiger partial charge >= 0.3 is 0 Å². The maximum atomic E-state index is 10.6. The number of rotatable bonds is 3. The topological polar surface area (TPSA) is 46.2 Å². The van der Waals surface area contributed by atoms with Gasteiger partial charge in [-0.25, -0.2) is 0 Å². The Morgan fingerprint density at radius 1 is 1.19 bits per heavy atom. The highest BCUT2D eigenvalue weighted by molar-refractivity contribution is 5.29. The smallest absolute Gasteiger partial charge is 0.0916 e. The molecule has 0 heterocycles. The molecule has 1 atom stereocenters. The standard InChI is InChI=1S/C14H23NO/c1-13(2,3)14(4,16)12-7-5-6-11(10-12)8-9-15/h5-7,10,16H,8-9,15H2,1-4H3. The van der Waals surface area contributed by atoms with Gasteiger partial charge in [-0.05, 0) is 36.4 Å². The normalized spacial score (nSPS) is 15.9. The highest BCUT2D eigenvalue weighted by atomic mass is 16.3. The SMILES string of the molecule is CC(C)(C)C(C)(O)c1cccc(CCN)c1. The van der Waals surface area contributed by atoms with E-state index in [4.69, 9.17) is 5.73 Å². The first kappa shape index (κ1) is 13.2. The molecule has 0 saturated heterocycles. The van der Waals surface area contributed by atoms with Crippen LogP contribution in [0.1, 0.15) is 38.8 Å². The zero-order valence-corrected chi connectivity index (χ0v) is 10.7.